The van der Waals surface area contributed by atoms with Crippen LogP contribution in [0.2, 0.25) is 0 Å². The summed E-state index contributed by atoms with van der Waals surface area (Å²) in [6.07, 6.45) is 7.35. The lowest BCUT2D eigenvalue weighted by Gasteiger charge is -2.20. The summed E-state index contributed by atoms with van der Waals surface area (Å²) in [7, 11) is 1.57. The molecular weight excluding hydrogens is 330 g/mol. The van der Waals surface area contributed by atoms with Crippen LogP contribution in [0, 0.1) is 0 Å². The molecule has 1 saturated heterocycles. The van der Waals surface area contributed by atoms with Crippen LogP contribution in [0.5, 0.6) is 5.75 Å². The van der Waals surface area contributed by atoms with Gasteiger partial charge >= 0.3 is 0 Å². The van der Waals surface area contributed by atoms with Crippen molar-refractivity contribution in [3.63, 3.8) is 0 Å². The van der Waals surface area contributed by atoms with E-state index in [9.17, 15) is 9.59 Å². The maximum absolute atomic E-state index is 12.7. The summed E-state index contributed by atoms with van der Waals surface area (Å²) >= 11 is 0. The predicted molar refractivity (Wildman–Crippen MR) is 99.6 cm³/mol. The zero-order chi connectivity index (χ0) is 18.4. The molecular formula is C20H23N3O3. The van der Waals surface area contributed by atoms with E-state index in [2.05, 4.69) is 10.3 Å². The Labute approximate surface area is 153 Å². The maximum Gasteiger partial charge on any atom is 0.257 e. The number of rotatable bonds is 4. The first-order chi connectivity index (χ1) is 12.7. The van der Waals surface area contributed by atoms with Crippen LogP contribution in [0.15, 0.2) is 42.7 Å². The first kappa shape index (κ1) is 17.9. The van der Waals surface area contributed by atoms with E-state index in [0.717, 1.165) is 38.8 Å². The standard InChI is InChI=1S/C20H23N3O3/c1-26-18-8-6-7-17(12-18)22-19(24)15-11-16(14-21-13-15)20(25)23-9-4-2-3-5-10-23/h6-8,11-14H,2-5,9-10H2,1H3,(H,22,24). The molecule has 0 radical (unpaired) electrons. The number of likely N-dealkylation sites (tertiary alicyclic amines) is 1. The lowest BCUT2D eigenvalue weighted by atomic mass is 10.1. The van der Waals surface area contributed by atoms with Crippen molar-refractivity contribution >= 4 is 17.5 Å². The summed E-state index contributed by atoms with van der Waals surface area (Å²) in [5, 5.41) is 2.80. The van der Waals surface area contributed by atoms with Crippen molar-refractivity contribution in [2.24, 2.45) is 0 Å². The number of nitrogens with zero attached hydrogens (tertiary/aromatic N) is 2. The average molecular weight is 353 g/mol. The van der Waals surface area contributed by atoms with Gasteiger partial charge in [-0.25, -0.2) is 0 Å². The Kier molecular flexibility index (Phi) is 5.84. The van der Waals surface area contributed by atoms with Gasteiger partial charge in [-0.05, 0) is 31.0 Å². The summed E-state index contributed by atoms with van der Waals surface area (Å²) in [5.74, 6) is 0.290. The number of benzene rings is 1. The van der Waals surface area contributed by atoms with Crippen molar-refractivity contribution in [1.29, 1.82) is 0 Å². The molecule has 2 heterocycles. The second kappa shape index (κ2) is 8.47. The van der Waals surface area contributed by atoms with Crippen LogP contribution in [-0.2, 0) is 0 Å². The van der Waals surface area contributed by atoms with Crippen molar-refractivity contribution in [1.82, 2.24) is 9.88 Å². The van der Waals surface area contributed by atoms with Crippen molar-refractivity contribution in [2.45, 2.75) is 25.7 Å². The third-order valence-corrected chi connectivity index (χ3v) is 4.47. The van der Waals surface area contributed by atoms with Crippen molar-refractivity contribution in [3.05, 3.63) is 53.9 Å². The fraction of sp³-hybridized carbons (Fsp3) is 0.350. The van der Waals surface area contributed by atoms with Gasteiger partial charge < -0.3 is 15.0 Å². The molecule has 0 bridgehead atoms. The lowest BCUT2D eigenvalue weighted by molar-refractivity contribution is 0.0761. The lowest BCUT2D eigenvalue weighted by Crippen LogP contribution is -2.32. The van der Waals surface area contributed by atoms with E-state index < -0.39 is 0 Å². The van der Waals surface area contributed by atoms with Crippen LogP contribution in [0.4, 0.5) is 5.69 Å². The largest absolute Gasteiger partial charge is 0.497 e. The zero-order valence-electron chi connectivity index (χ0n) is 14.9. The van der Waals surface area contributed by atoms with E-state index >= 15 is 0 Å². The van der Waals surface area contributed by atoms with Crippen molar-refractivity contribution in [3.8, 4) is 5.75 Å². The van der Waals surface area contributed by atoms with Crippen molar-refractivity contribution in [2.75, 3.05) is 25.5 Å². The molecule has 0 aliphatic carbocycles. The number of aromatic nitrogens is 1. The molecule has 3 rings (SSSR count). The number of hydrogen-bond donors (Lipinski definition) is 1. The number of carbonyl (C=O) groups is 2. The van der Waals surface area contributed by atoms with Gasteiger partial charge in [0.05, 0.1) is 18.2 Å². The van der Waals surface area contributed by atoms with E-state index in [-0.39, 0.29) is 11.8 Å². The molecule has 1 N–H and O–H groups in total. The first-order valence-electron chi connectivity index (χ1n) is 8.87. The van der Waals surface area contributed by atoms with Crippen molar-refractivity contribution < 1.29 is 14.3 Å². The Bertz CT molecular complexity index is 783. The minimum absolute atomic E-state index is 0.0598. The minimum atomic E-state index is -0.309. The number of anilines is 1. The fourth-order valence-corrected chi connectivity index (χ4v) is 3.04. The van der Waals surface area contributed by atoms with Gasteiger partial charge in [0.2, 0.25) is 0 Å². The van der Waals surface area contributed by atoms with Crippen LogP contribution in [-0.4, -0.2) is 41.9 Å². The summed E-state index contributed by atoms with van der Waals surface area (Å²) in [6, 6.07) is 8.72. The van der Waals surface area contributed by atoms with E-state index in [1.807, 2.05) is 4.90 Å². The van der Waals surface area contributed by atoms with Gasteiger partial charge in [-0.3, -0.25) is 14.6 Å². The Morgan fingerprint density at radius 2 is 1.77 bits per heavy atom. The van der Waals surface area contributed by atoms with Gasteiger partial charge in [0.25, 0.3) is 11.8 Å². The normalized spacial score (nSPS) is 14.4. The molecule has 1 aromatic carbocycles. The molecule has 136 valence electrons. The quantitative estimate of drug-likeness (QED) is 0.915. The molecule has 0 atom stereocenters. The zero-order valence-corrected chi connectivity index (χ0v) is 14.9. The van der Waals surface area contributed by atoms with Crippen LogP contribution in [0.25, 0.3) is 0 Å². The molecule has 6 nitrogen and oxygen atoms in total. The summed E-state index contributed by atoms with van der Waals surface area (Å²) < 4.78 is 5.16. The number of ether oxygens (including phenoxy) is 1. The molecule has 0 spiro atoms. The smallest absolute Gasteiger partial charge is 0.257 e. The third-order valence-electron chi connectivity index (χ3n) is 4.47. The predicted octanol–water partition coefficient (Wildman–Crippen LogP) is 3.36. The number of amides is 2. The van der Waals surface area contributed by atoms with E-state index in [0.29, 0.717) is 22.6 Å². The van der Waals surface area contributed by atoms with Gasteiger partial charge in [0.15, 0.2) is 0 Å². The Hall–Kier alpha value is -2.89. The van der Waals surface area contributed by atoms with Crippen LogP contribution < -0.4 is 10.1 Å². The van der Waals surface area contributed by atoms with Crippen LogP contribution >= 0.6 is 0 Å². The highest BCUT2D eigenvalue weighted by Crippen LogP contribution is 2.18. The summed E-state index contributed by atoms with van der Waals surface area (Å²) in [5.41, 5.74) is 1.43. The monoisotopic (exact) mass is 353 g/mol. The highest BCUT2D eigenvalue weighted by Gasteiger charge is 2.19. The SMILES string of the molecule is COc1cccc(NC(=O)c2cncc(C(=O)N3CCCCCC3)c2)c1. The van der Waals surface area contributed by atoms with Gasteiger partial charge in [-0.15, -0.1) is 0 Å². The van der Waals surface area contributed by atoms with E-state index in [1.165, 1.54) is 12.4 Å². The molecule has 6 heteroatoms. The highest BCUT2D eigenvalue weighted by atomic mass is 16.5. The molecule has 0 saturated carbocycles. The highest BCUT2D eigenvalue weighted by molar-refractivity contribution is 6.05. The Morgan fingerprint density at radius 3 is 2.50 bits per heavy atom. The summed E-state index contributed by atoms with van der Waals surface area (Å²) in [4.78, 5) is 31.2. The Balaban J connectivity index is 1.73. The van der Waals surface area contributed by atoms with E-state index in [4.69, 9.17) is 4.74 Å². The second-order valence-electron chi connectivity index (χ2n) is 6.35. The topological polar surface area (TPSA) is 71.5 Å². The molecule has 1 aliphatic heterocycles. The van der Waals surface area contributed by atoms with Crippen LogP contribution in [0.1, 0.15) is 46.4 Å². The van der Waals surface area contributed by atoms with E-state index in [1.54, 1.807) is 37.4 Å². The number of nitrogens with one attached hydrogen (secondary N) is 1. The first-order valence-corrected chi connectivity index (χ1v) is 8.87. The van der Waals surface area contributed by atoms with Gasteiger partial charge in [0, 0.05) is 37.2 Å². The minimum Gasteiger partial charge on any atom is -0.497 e. The van der Waals surface area contributed by atoms with Crippen LogP contribution in [0.3, 0.4) is 0 Å². The van der Waals surface area contributed by atoms with Gasteiger partial charge in [0.1, 0.15) is 5.75 Å². The molecule has 26 heavy (non-hydrogen) atoms. The fourth-order valence-electron chi connectivity index (χ4n) is 3.04. The number of methoxy groups -OCH3 is 1. The average Bonchev–Trinajstić information content (AvgIpc) is 2.97. The Morgan fingerprint density at radius 1 is 1.04 bits per heavy atom. The molecule has 2 aromatic rings. The number of carbonyl (C=O) groups excluding carboxylic acids is 2. The number of hydrogen-bond acceptors (Lipinski definition) is 4. The molecule has 1 aliphatic rings. The molecule has 0 unspecified atom stereocenters. The van der Waals surface area contributed by atoms with Gasteiger partial charge in [-0.2, -0.15) is 0 Å². The molecule has 1 fully saturated rings. The second-order valence-corrected chi connectivity index (χ2v) is 6.35. The van der Waals surface area contributed by atoms with Gasteiger partial charge in [-0.1, -0.05) is 18.9 Å². The number of pyridine rings is 1. The third kappa shape index (κ3) is 4.39. The summed E-state index contributed by atoms with van der Waals surface area (Å²) in [6.45, 7) is 1.53. The molecule has 1 aromatic heterocycles. The molecule has 2 amide bonds. The maximum atomic E-state index is 12.7.